The van der Waals surface area contributed by atoms with Crippen molar-refractivity contribution in [1.29, 1.82) is 0 Å². The molecule has 1 amide bonds. The largest absolute Gasteiger partial charge is 0.484 e. The Balaban J connectivity index is 1.54. The number of carbonyl (C=O) groups excluding carboxylic acids is 1. The normalized spacial score (nSPS) is 11.0. The van der Waals surface area contributed by atoms with Crippen molar-refractivity contribution in [2.24, 2.45) is 5.10 Å². The highest BCUT2D eigenvalue weighted by Gasteiger charge is 2.03. The second-order valence-corrected chi connectivity index (χ2v) is 5.27. The average molecular weight is 328 g/mol. The lowest BCUT2D eigenvalue weighted by Crippen LogP contribution is -2.24. The van der Waals surface area contributed by atoms with Crippen LogP contribution in [0.2, 0.25) is 5.02 Å². The molecule has 5 nitrogen and oxygen atoms in total. The van der Waals surface area contributed by atoms with Gasteiger partial charge in [-0.25, -0.2) is 5.43 Å². The van der Waals surface area contributed by atoms with Crippen LogP contribution in [-0.2, 0) is 4.79 Å². The van der Waals surface area contributed by atoms with E-state index in [1.165, 1.54) is 0 Å². The average Bonchev–Trinajstić information content (AvgIpc) is 2.97. The fraction of sp³-hybridized carbons (Fsp3) is 0.0588. The first kappa shape index (κ1) is 15.1. The fourth-order valence-electron chi connectivity index (χ4n) is 2.11. The highest BCUT2D eigenvalue weighted by molar-refractivity contribution is 6.30. The maximum atomic E-state index is 11.7. The van der Waals surface area contributed by atoms with Crippen LogP contribution < -0.4 is 10.2 Å². The molecule has 2 aromatic carbocycles. The minimum atomic E-state index is -0.346. The molecule has 1 aromatic heterocycles. The summed E-state index contributed by atoms with van der Waals surface area (Å²) in [5.74, 6) is 0.189. The smallest absolute Gasteiger partial charge is 0.277 e. The number of hydrazone groups is 1. The van der Waals surface area contributed by atoms with Gasteiger partial charge < -0.3 is 9.72 Å². The number of hydrogen-bond acceptors (Lipinski definition) is 3. The van der Waals surface area contributed by atoms with Crippen LogP contribution in [0.25, 0.3) is 10.9 Å². The molecular weight excluding hydrogens is 314 g/mol. The van der Waals surface area contributed by atoms with Crippen molar-refractivity contribution < 1.29 is 9.53 Å². The highest BCUT2D eigenvalue weighted by atomic mass is 35.5. The number of halogens is 1. The molecule has 1 heterocycles. The number of nitrogens with one attached hydrogen (secondary N) is 2. The van der Waals surface area contributed by atoms with E-state index in [0.29, 0.717) is 10.8 Å². The molecule has 0 saturated carbocycles. The van der Waals surface area contributed by atoms with Crippen LogP contribution in [0.4, 0.5) is 0 Å². The molecule has 6 heteroatoms. The maximum absolute atomic E-state index is 11.7. The van der Waals surface area contributed by atoms with Gasteiger partial charge in [-0.1, -0.05) is 35.9 Å². The molecule has 0 atom stereocenters. The van der Waals surface area contributed by atoms with Crippen molar-refractivity contribution >= 4 is 34.6 Å². The summed E-state index contributed by atoms with van der Waals surface area (Å²) in [6.07, 6.45) is 3.43. The van der Waals surface area contributed by atoms with Gasteiger partial charge in [0, 0.05) is 27.7 Å². The molecule has 0 fully saturated rings. The lowest BCUT2D eigenvalue weighted by Gasteiger charge is -2.04. The number of nitrogens with zero attached hydrogens (tertiary/aromatic N) is 1. The monoisotopic (exact) mass is 327 g/mol. The Kier molecular flexibility index (Phi) is 4.59. The van der Waals surface area contributed by atoms with Gasteiger partial charge in [-0.05, 0) is 24.3 Å². The van der Waals surface area contributed by atoms with E-state index in [-0.39, 0.29) is 12.5 Å². The van der Waals surface area contributed by atoms with E-state index in [4.69, 9.17) is 16.3 Å². The first-order chi connectivity index (χ1) is 11.2. The van der Waals surface area contributed by atoms with Gasteiger partial charge in [0.2, 0.25) is 0 Å². The zero-order valence-corrected chi connectivity index (χ0v) is 12.9. The molecule has 0 radical (unpaired) electrons. The number of hydrogen-bond donors (Lipinski definition) is 2. The number of aromatic amines is 1. The zero-order chi connectivity index (χ0) is 16.1. The van der Waals surface area contributed by atoms with E-state index in [1.807, 2.05) is 30.5 Å². The van der Waals surface area contributed by atoms with Crippen LogP contribution in [0.15, 0.2) is 59.8 Å². The Hall–Kier alpha value is -2.79. The summed E-state index contributed by atoms with van der Waals surface area (Å²) in [6, 6.07) is 14.7. The molecule has 0 unspecified atom stereocenters. The topological polar surface area (TPSA) is 66.5 Å². The summed E-state index contributed by atoms with van der Waals surface area (Å²) in [6.45, 7) is -0.133. The molecule has 3 aromatic rings. The van der Waals surface area contributed by atoms with E-state index in [2.05, 4.69) is 15.5 Å². The first-order valence-electron chi connectivity index (χ1n) is 6.99. The summed E-state index contributed by atoms with van der Waals surface area (Å²) < 4.78 is 5.33. The van der Waals surface area contributed by atoms with E-state index in [9.17, 15) is 4.79 Å². The Labute approximate surface area is 137 Å². The number of carbonyl (C=O) groups is 1. The van der Waals surface area contributed by atoms with Crippen molar-refractivity contribution in [2.75, 3.05) is 6.61 Å². The standard InChI is InChI=1S/C17H14ClN3O2/c18-13-4-3-5-14(8-13)23-11-17(22)21-20-10-12-9-19-16-7-2-1-6-15(12)16/h1-10,19H,11H2,(H,21,22)/b20-10+. The summed E-state index contributed by atoms with van der Waals surface area (Å²) >= 11 is 5.84. The van der Waals surface area contributed by atoms with E-state index in [0.717, 1.165) is 16.5 Å². The Bertz CT molecular complexity index is 858. The first-order valence-corrected chi connectivity index (χ1v) is 7.36. The molecule has 2 N–H and O–H groups in total. The van der Waals surface area contributed by atoms with Gasteiger partial charge in [-0.3, -0.25) is 4.79 Å². The second kappa shape index (κ2) is 6.98. The quantitative estimate of drug-likeness (QED) is 0.557. The van der Waals surface area contributed by atoms with Gasteiger partial charge in [0.1, 0.15) is 5.75 Å². The molecule has 3 rings (SSSR count). The Morgan fingerprint density at radius 3 is 3.00 bits per heavy atom. The SMILES string of the molecule is O=C(COc1cccc(Cl)c1)N/N=C/c1c[nH]c2ccccc12. The zero-order valence-electron chi connectivity index (χ0n) is 12.1. The van der Waals surface area contributed by atoms with Gasteiger partial charge in [0.25, 0.3) is 5.91 Å². The third kappa shape index (κ3) is 3.90. The third-order valence-corrected chi connectivity index (χ3v) is 3.42. The highest BCUT2D eigenvalue weighted by Crippen LogP contribution is 2.17. The van der Waals surface area contributed by atoms with Crippen molar-refractivity contribution in [3.63, 3.8) is 0 Å². The summed E-state index contributed by atoms with van der Waals surface area (Å²) in [5, 5.41) is 5.54. The number of ether oxygens (including phenoxy) is 1. The molecule has 0 aliphatic heterocycles. The van der Waals surface area contributed by atoms with Crippen LogP contribution in [0, 0.1) is 0 Å². The van der Waals surface area contributed by atoms with Gasteiger partial charge in [0.15, 0.2) is 6.61 Å². The van der Waals surface area contributed by atoms with Crippen LogP contribution in [0.5, 0.6) is 5.75 Å². The van der Waals surface area contributed by atoms with Gasteiger partial charge in [0.05, 0.1) is 6.21 Å². The van der Waals surface area contributed by atoms with Gasteiger partial charge in [-0.15, -0.1) is 0 Å². The maximum Gasteiger partial charge on any atom is 0.277 e. The summed E-state index contributed by atoms with van der Waals surface area (Å²) in [4.78, 5) is 14.8. The summed E-state index contributed by atoms with van der Waals surface area (Å²) in [7, 11) is 0. The van der Waals surface area contributed by atoms with E-state index >= 15 is 0 Å². The minimum absolute atomic E-state index is 0.133. The molecule has 0 aliphatic carbocycles. The lowest BCUT2D eigenvalue weighted by molar-refractivity contribution is -0.123. The predicted octanol–water partition coefficient (Wildman–Crippen LogP) is 3.35. The molecule has 23 heavy (non-hydrogen) atoms. The van der Waals surface area contributed by atoms with Crippen LogP contribution in [0.1, 0.15) is 5.56 Å². The Morgan fingerprint density at radius 1 is 1.26 bits per heavy atom. The number of fused-ring (bicyclic) bond motifs is 1. The van der Waals surface area contributed by atoms with Crippen molar-refractivity contribution in [2.45, 2.75) is 0 Å². The number of benzene rings is 2. The fourth-order valence-corrected chi connectivity index (χ4v) is 2.29. The number of rotatable bonds is 5. The third-order valence-electron chi connectivity index (χ3n) is 3.18. The van der Waals surface area contributed by atoms with Gasteiger partial charge in [-0.2, -0.15) is 5.10 Å². The van der Waals surface area contributed by atoms with Crippen molar-refractivity contribution in [1.82, 2.24) is 10.4 Å². The molecule has 0 spiro atoms. The molecular formula is C17H14ClN3O2. The lowest BCUT2D eigenvalue weighted by atomic mass is 10.2. The predicted molar refractivity (Wildman–Crippen MR) is 91.0 cm³/mol. The number of H-pyrrole nitrogens is 1. The van der Waals surface area contributed by atoms with E-state index < -0.39 is 0 Å². The number of para-hydroxylation sites is 1. The Morgan fingerprint density at radius 2 is 2.13 bits per heavy atom. The summed E-state index contributed by atoms with van der Waals surface area (Å²) in [5.41, 5.74) is 4.35. The number of amides is 1. The molecule has 0 bridgehead atoms. The van der Waals surface area contributed by atoms with Crippen LogP contribution >= 0.6 is 11.6 Å². The van der Waals surface area contributed by atoms with Gasteiger partial charge >= 0.3 is 0 Å². The number of aromatic nitrogens is 1. The van der Waals surface area contributed by atoms with E-state index in [1.54, 1.807) is 30.5 Å². The van der Waals surface area contributed by atoms with Crippen LogP contribution in [-0.4, -0.2) is 23.7 Å². The second-order valence-electron chi connectivity index (χ2n) is 4.83. The molecule has 0 saturated heterocycles. The molecule has 0 aliphatic rings. The van der Waals surface area contributed by atoms with Crippen LogP contribution in [0.3, 0.4) is 0 Å². The van der Waals surface area contributed by atoms with Crippen molar-refractivity contribution in [3.05, 3.63) is 65.3 Å². The minimum Gasteiger partial charge on any atom is -0.484 e. The molecule has 116 valence electrons. The van der Waals surface area contributed by atoms with Crippen molar-refractivity contribution in [3.8, 4) is 5.75 Å².